The van der Waals surface area contributed by atoms with Crippen molar-refractivity contribution in [1.29, 1.82) is 0 Å². The normalized spacial score (nSPS) is 11.2. The second-order valence-corrected chi connectivity index (χ2v) is 6.40. The molecule has 6 heteroatoms. The highest BCUT2D eigenvalue weighted by Gasteiger charge is 2.15. The SMILES string of the molecule is O=c1c(-c2ccccc2)c(/C=C/c2cccc([N+](=O)[O-])c2)oc2cc(O)ccc12. The zero-order chi connectivity index (χ0) is 20.4. The van der Waals surface area contributed by atoms with Crippen molar-refractivity contribution in [3.63, 3.8) is 0 Å². The van der Waals surface area contributed by atoms with E-state index in [1.54, 1.807) is 24.3 Å². The number of nitro groups is 1. The van der Waals surface area contributed by atoms with E-state index in [4.69, 9.17) is 4.42 Å². The van der Waals surface area contributed by atoms with Crippen LogP contribution in [0.2, 0.25) is 0 Å². The molecule has 4 rings (SSSR count). The number of benzene rings is 3. The molecule has 0 fully saturated rings. The highest BCUT2D eigenvalue weighted by molar-refractivity contribution is 5.87. The maximum absolute atomic E-state index is 13.2. The van der Waals surface area contributed by atoms with Crippen LogP contribution in [0.25, 0.3) is 34.2 Å². The molecule has 0 saturated heterocycles. The van der Waals surface area contributed by atoms with Crippen molar-refractivity contribution in [2.24, 2.45) is 0 Å². The first-order chi connectivity index (χ1) is 14.0. The highest BCUT2D eigenvalue weighted by atomic mass is 16.6. The number of phenols is 1. The van der Waals surface area contributed by atoms with Gasteiger partial charge in [0.15, 0.2) is 0 Å². The topological polar surface area (TPSA) is 93.6 Å². The van der Waals surface area contributed by atoms with E-state index >= 15 is 0 Å². The number of phenolic OH excluding ortho intramolecular Hbond substituents is 1. The molecule has 1 N–H and O–H groups in total. The molecule has 0 aliphatic rings. The van der Waals surface area contributed by atoms with Gasteiger partial charge >= 0.3 is 0 Å². The number of nitro benzene ring substituents is 1. The van der Waals surface area contributed by atoms with Crippen molar-refractivity contribution in [2.75, 3.05) is 0 Å². The smallest absolute Gasteiger partial charge is 0.270 e. The first kappa shape index (κ1) is 18.2. The molecule has 4 aromatic rings. The average molecular weight is 385 g/mol. The zero-order valence-corrected chi connectivity index (χ0v) is 15.1. The first-order valence-corrected chi connectivity index (χ1v) is 8.81. The fourth-order valence-electron chi connectivity index (χ4n) is 3.11. The van der Waals surface area contributed by atoms with Crippen molar-refractivity contribution in [3.8, 4) is 16.9 Å². The molecule has 1 heterocycles. The van der Waals surface area contributed by atoms with Gasteiger partial charge in [0.05, 0.1) is 15.9 Å². The van der Waals surface area contributed by atoms with Gasteiger partial charge in [-0.2, -0.15) is 0 Å². The Morgan fingerprint density at radius 3 is 2.48 bits per heavy atom. The van der Waals surface area contributed by atoms with Gasteiger partial charge in [-0.05, 0) is 29.3 Å². The molecule has 0 aliphatic heterocycles. The van der Waals surface area contributed by atoms with Crippen LogP contribution in [0.15, 0.2) is 82.0 Å². The summed E-state index contributed by atoms with van der Waals surface area (Å²) in [5.74, 6) is 0.285. The Balaban J connectivity index is 1.91. The van der Waals surface area contributed by atoms with E-state index in [9.17, 15) is 20.0 Å². The largest absolute Gasteiger partial charge is 0.508 e. The van der Waals surface area contributed by atoms with Gasteiger partial charge in [-0.3, -0.25) is 14.9 Å². The van der Waals surface area contributed by atoms with Crippen LogP contribution in [-0.4, -0.2) is 10.0 Å². The van der Waals surface area contributed by atoms with E-state index in [0.29, 0.717) is 27.8 Å². The molecule has 6 nitrogen and oxygen atoms in total. The van der Waals surface area contributed by atoms with Crippen LogP contribution in [0.4, 0.5) is 5.69 Å². The Morgan fingerprint density at radius 2 is 1.72 bits per heavy atom. The Kier molecular flexibility index (Phi) is 4.66. The summed E-state index contributed by atoms with van der Waals surface area (Å²) in [6.07, 6.45) is 3.25. The lowest BCUT2D eigenvalue weighted by Gasteiger charge is -2.08. The third-order valence-corrected chi connectivity index (χ3v) is 4.47. The van der Waals surface area contributed by atoms with Crippen molar-refractivity contribution in [2.45, 2.75) is 0 Å². The molecular formula is C23H15NO5. The summed E-state index contributed by atoms with van der Waals surface area (Å²) in [5.41, 5.74) is 1.67. The number of hydrogen-bond acceptors (Lipinski definition) is 5. The maximum atomic E-state index is 13.2. The Hall–Kier alpha value is -4.19. The van der Waals surface area contributed by atoms with Crippen molar-refractivity contribution >= 4 is 28.8 Å². The van der Waals surface area contributed by atoms with Crippen molar-refractivity contribution < 1.29 is 14.4 Å². The quantitative estimate of drug-likeness (QED) is 0.383. The molecule has 0 unspecified atom stereocenters. The fraction of sp³-hybridized carbons (Fsp3) is 0. The van der Waals surface area contributed by atoms with Crippen LogP contribution in [0.1, 0.15) is 11.3 Å². The number of nitrogens with zero attached hydrogens (tertiary/aromatic N) is 1. The fourth-order valence-corrected chi connectivity index (χ4v) is 3.11. The monoisotopic (exact) mass is 385 g/mol. The lowest BCUT2D eigenvalue weighted by atomic mass is 10.0. The summed E-state index contributed by atoms with van der Waals surface area (Å²) in [5, 5.41) is 21.1. The van der Waals surface area contributed by atoms with Gasteiger partial charge < -0.3 is 9.52 Å². The van der Waals surface area contributed by atoms with Gasteiger partial charge in [0.2, 0.25) is 5.43 Å². The standard InChI is InChI=1S/C23H15NO5/c25-18-10-11-19-21(14-18)29-20(22(23(19)26)16-6-2-1-3-7-16)12-9-15-5-4-8-17(13-15)24(27)28/h1-14,25H/b12-9+. The van der Waals surface area contributed by atoms with Crippen LogP contribution in [-0.2, 0) is 0 Å². The lowest BCUT2D eigenvalue weighted by Crippen LogP contribution is -2.07. The summed E-state index contributed by atoms with van der Waals surface area (Å²) >= 11 is 0. The minimum absolute atomic E-state index is 0.0123. The summed E-state index contributed by atoms with van der Waals surface area (Å²) < 4.78 is 5.93. The van der Waals surface area contributed by atoms with E-state index in [1.807, 2.05) is 30.3 Å². The second-order valence-electron chi connectivity index (χ2n) is 6.40. The third-order valence-electron chi connectivity index (χ3n) is 4.47. The van der Waals surface area contributed by atoms with Crippen LogP contribution < -0.4 is 5.43 Å². The second kappa shape index (κ2) is 7.44. The molecule has 0 aliphatic carbocycles. The summed E-state index contributed by atoms with van der Waals surface area (Å²) in [7, 11) is 0. The molecule has 0 atom stereocenters. The van der Waals surface area contributed by atoms with E-state index in [-0.39, 0.29) is 22.4 Å². The van der Waals surface area contributed by atoms with Gasteiger partial charge in [-0.15, -0.1) is 0 Å². The first-order valence-electron chi connectivity index (χ1n) is 8.81. The van der Waals surface area contributed by atoms with E-state index in [0.717, 1.165) is 0 Å². The van der Waals surface area contributed by atoms with E-state index < -0.39 is 4.92 Å². The molecule has 0 amide bonds. The molecule has 0 radical (unpaired) electrons. The number of non-ortho nitro benzene ring substituents is 1. The molecule has 0 bridgehead atoms. The van der Waals surface area contributed by atoms with Gasteiger partial charge in [-0.1, -0.05) is 48.5 Å². The molecule has 0 spiro atoms. The summed E-state index contributed by atoms with van der Waals surface area (Å²) in [4.78, 5) is 23.7. The molecular weight excluding hydrogens is 370 g/mol. The highest BCUT2D eigenvalue weighted by Crippen LogP contribution is 2.28. The third kappa shape index (κ3) is 3.64. The van der Waals surface area contributed by atoms with Crippen molar-refractivity contribution in [1.82, 2.24) is 0 Å². The van der Waals surface area contributed by atoms with Gasteiger partial charge in [0, 0.05) is 18.2 Å². The summed E-state index contributed by atoms with van der Waals surface area (Å²) in [6, 6.07) is 19.6. The Morgan fingerprint density at radius 1 is 0.931 bits per heavy atom. The predicted molar refractivity (Wildman–Crippen MR) is 112 cm³/mol. The number of rotatable bonds is 4. The molecule has 3 aromatic carbocycles. The minimum Gasteiger partial charge on any atom is -0.508 e. The van der Waals surface area contributed by atoms with E-state index in [1.165, 1.54) is 30.3 Å². The van der Waals surface area contributed by atoms with Gasteiger partial charge in [0.1, 0.15) is 17.1 Å². The summed E-state index contributed by atoms with van der Waals surface area (Å²) in [6.45, 7) is 0. The molecule has 142 valence electrons. The number of aromatic hydroxyl groups is 1. The maximum Gasteiger partial charge on any atom is 0.270 e. The van der Waals surface area contributed by atoms with E-state index in [2.05, 4.69) is 0 Å². The molecule has 29 heavy (non-hydrogen) atoms. The van der Waals surface area contributed by atoms with Crippen LogP contribution >= 0.6 is 0 Å². The van der Waals surface area contributed by atoms with Crippen LogP contribution in [0.3, 0.4) is 0 Å². The zero-order valence-electron chi connectivity index (χ0n) is 15.1. The average Bonchev–Trinajstić information content (AvgIpc) is 2.73. The molecule has 1 aromatic heterocycles. The number of hydrogen-bond donors (Lipinski definition) is 1. The predicted octanol–water partition coefficient (Wildman–Crippen LogP) is 5.24. The Labute approximate surface area is 165 Å². The minimum atomic E-state index is -0.467. The van der Waals surface area contributed by atoms with Gasteiger partial charge in [0.25, 0.3) is 5.69 Å². The molecule has 0 saturated carbocycles. The van der Waals surface area contributed by atoms with Crippen LogP contribution in [0.5, 0.6) is 5.75 Å². The van der Waals surface area contributed by atoms with Gasteiger partial charge in [-0.25, -0.2) is 0 Å². The lowest BCUT2D eigenvalue weighted by molar-refractivity contribution is -0.384. The van der Waals surface area contributed by atoms with Crippen LogP contribution in [0, 0.1) is 10.1 Å². The van der Waals surface area contributed by atoms with Crippen molar-refractivity contribution in [3.05, 3.63) is 104 Å². The number of fused-ring (bicyclic) bond motifs is 1. The Bertz CT molecular complexity index is 1310.